The fraction of sp³-hybridized carbons (Fsp3) is 1.00. The summed E-state index contributed by atoms with van der Waals surface area (Å²) in [5.74, 6) is 1.58. The summed E-state index contributed by atoms with van der Waals surface area (Å²) < 4.78 is 0. The number of aliphatic hydroxyl groups is 1. The highest BCUT2D eigenvalue weighted by Gasteiger charge is 2.62. The molecule has 4 rings (SSSR count). The van der Waals surface area contributed by atoms with E-state index < -0.39 is 5.60 Å². The van der Waals surface area contributed by atoms with Crippen LogP contribution in [0.2, 0.25) is 0 Å². The van der Waals surface area contributed by atoms with E-state index in [1.54, 1.807) is 0 Å². The minimum Gasteiger partial charge on any atom is -0.389 e. The lowest BCUT2D eigenvalue weighted by Crippen LogP contribution is -2.61. The summed E-state index contributed by atoms with van der Waals surface area (Å²) >= 11 is 6.83. The molecule has 4 bridgehead atoms. The van der Waals surface area contributed by atoms with E-state index in [0.717, 1.165) is 31.1 Å². The zero-order valence-electron chi connectivity index (χ0n) is 11.1. The molecule has 4 aliphatic carbocycles. The van der Waals surface area contributed by atoms with Gasteiger partial charge in [0.05, 0.1) is 5.60 Å². The molecule has 0 radical (unpaired) electrons. The highest BCUT2D eigenvalue weighted by Crippen LogP contribution is 2.67. The van der Waals surface area contributed by atoms with Crippen molar-refractivity contribution in [1.82, 2.24) is 0 Å². The van der Waals surface area contributed by atoms with Crippen LogP contribution in [0.4, 0.5) is 0 Å². The third-order valence-corrected chi connectivity index (χ3v) is 6.59. The zero-order chi connectivity index (χ0) is 12.3. The van der Waals surface area contributed by atoms with E-state index in [4.69, 9.17) is 11.6 Å². The molecule has 0 amide bonds. The maximum Gasteiger partial charge on any atom is 0.0699 e. The zero-order valence-corrected chi connectivity index (χ0v) is 11.9. The smallest absolute Gasteiger partial charge is 0.0699 e. The molecule has 98 valence electrons. The van der Waals surface area contributed by atoms with Crippen LogP contribution in [0.15, 0.2) is 0 Å². The molecule has 0 heterocycles. The molecule has 4 fully saturated rings. The lowest BCUT2D eigenvalue weighted by molar-refractivity contribution is -0.176. The maximum absolute atomic E-state index is 11.0. The molecule has 2 unspecified atom stereocenters. The van der Waals surface area contributed by atoms with Gasteiger partial charge in [0.1, 0.15) is 0 Å². The lowest BCUT2D eigenvalue weighted by atomic mass is 9.44. The monoisotopic (exact) mass is 256 g/mol. The van der Waals surface area contributed by atoms with Crippen LogP contribution in [0.5, 0.6) is 0 Å². The Hall–Kier alpha value is 0.250. The van der Waals surface area contributed by atoms with Crippen molar-refractivity contribution < 1.29 is 5.11 Å². The van der Waals surface area contributed by atoms with Crippen LogP contribution in [-0.4, -0.2) is 15.6 Å². The normalized spacial score (nSPS) is 48.7. The summed E-state index contributed by atoms with van der Waals surface area (Å²) in [6.07, 6.45) is 9.08. The topological polar surface area (TPSA) is 20.2 Å². The molecular formula is C15H25ClO. The summed E-state index contributed by atoms with van der Waals surface area (Å²) in [5.41, 5.74) is -0.326. The van der Waals surface area contributed by atoms with Gasteiger partial charge in [-0.15, -0.1) is 11.6 Å². The van der Waals surface area contributed by atoms with Crippen LogP contribution in [0, 0.1) is 17.3 Å². The Kier molecular flexibility index (Phi) is 2.63. The average molecular weight is 257 g/mol. The SMILES string of the molecule is CCC(O)(CC)C12CC3CC(CC(Cl)(C3)C1)C2. The van der Waals surface area contributed by atoms with E-state index in [1.807, 2.05) is 0 Å². The van der Waals surface area contributed by atoms with Crippen molar-refractivity contribution >= 4 is 11.6 Å². The summed E-state index contributed by atoms with van der Waals surface area (Å²) in [6.45, 7) is 4.28. The van der Waals surface area contributed by atoms with Crippen LogP contribution in [0.3, 0.4) is 0 Å². The Bertz CT molecular complexity index is 307. The molecular weight excluding hydrogens is 232 g/mol. The number of hydrogen-bond donors (Lipinski definition) is 1. The highest BCUT2D eigenvalue weighted by atomic mass is 35.5. The first kappa shape index (κ1) is 12.3. The predicted octanol–water partition coefficient (Wildman–Crippen LogP) is 4.12. The molecule has 0 saturated heterocycles. The second-order valence-electron chi connectivity index (χ2n) is 7.13. The fourth-order valence-electron chi connectivity index (χ4n) is 5.70. The van der Waals surface area contributed by atoms with E-state index in [0.29, 0.717) is 0 Å². The van der Waals surface area contributed by atoms with Gasteiger partial charge in [-0.2, -0.15) is 0 Å². The van der Waals surface area contributed by atoms with Crippen LogP contribution < -0.4 is 0 Å². The molecule has 0 aliphatic heterocycles. The van der Waals surface area contributed by atoms with Crippen molar-refractivity contribution in [2.24, 2.45) is 17.3 Å². The van der Waals surface area contributed by atoms with Gasteiger partial charge >= 0.3 is 0 Å². The Morgan fingerprint density at radius 2 is 1.65 bits per heavy atom. The van der Waals surface area contributed by atoms with Gasteiger partial charge in [-0.25, -0.2) is 0 Å². The van der Waals surface area contributed by atoms with Crippen molar-refractivity contribution in [2.45, 2.75) is 75.7 Å². The average Bonchev–Trinajstić information content (AvgIpc) is 2.24. The lowest BCUT2D eigenvalue weighted by Gasteiger charge is -2.64. The van der Waals surface area contributed by atoms with Crippen molar-refractivity contribution in [3.8, 4) is 0 Å². The van der Waals surface area contributed by atoms with Gasteiger partial charge < -0.3 is 5.11 Å². The van der Waals surface area contributed by atoms with Crippen LogP contribution in [0.25, 0.3) is 0 Å². The molecule has 0 spiro atoms. The third-order valence-electron chi connectivity index (χ3n) is 6.15. The first-order valence-corrected chi connectivity index (χ1v) is 7.73. The van der Waals surface area contributed by atoms with Crippen molar-refractivity contribution in [2.75, 3.05) is 0 Å². The predicted molar refractivity (Wildman–Crippen MR) is 71.2 cm³/mol. The van der Waals surface area contributed by atoms with Crippen molar-refractivity contribution in [3.63, 3.8) is 0 Å². The largest absolute Gasteiger partial charge is 0.389 e. The van der Waals surface area contributed by atoms with Gasteiger partial charge in [0, 0.05) is 10.3 Å². The first-order chi connectivity index (χ1) is 7.94. The number of halogens is 1. The van der Waals surface area contributed by atoms with Crippen molar-refractivity contribution in [1.29, 1.82) is 0 Å². The molecule has 2 atom stereocenters. The number of hydrogen-bond acceptors (Lipinski definition) is 1. The van der Waals surface area contributed by atoms with Gasteiger partial charge in [0.15, 0.2) is 0 Å². The number of alkyl halides is 1. The van der Waals surface area contributed by atoms with E-state index >= 15 is 0 Å². The summed E-state index contributed by atoms with van der Waals surface area (Å²) in [7, 11) is 0. The molecule has 4 saturated carbocycles. The van der Waals surface area contributed by atoms with Gasteiger partial charge in [-0.05, 0) is 63.2 Å². The van der Waals surface area contributed by atoms with Gasteiger partial charge in [0.25, 0.3) is 0 Å². The Balaban J connectivity index is 1.98. The minimum absolute atomic E-state index is 0.0302. The summed E-state index contributed by atoms with van der Waals surface area (Å²) in [6, 6.07) is 0. The molecule has 0 aromatic carbocycles. The summed E-state index contributed by atoms with van der Waals surface area (Å²) in [4.78, 5) is 0.0302. The van der Waals surface area contributed by atoms with E-state index in [-0.39, 0.29) is 10.3 Å². The van der Waals surface area contributed by atoms with Gasteiger partial charge in [0.2, 0.25) is 0 Å². The second-order valence-corrected chi connectivity index (χ2v) is 7.93. The van der Waals surface area contributed by atoms with Crippen LogP contribution in [-0.2, 0) is 0 Å². The minimum atomic E-state index is -0.467. The van der Waals surface area contributed by atoms with Crippen LogP contribution >= 0.6 is 11.6 Å². The Morgan fingerprint density at radius 3 is 2.06 bits per heavy atom. The van der Waals surface area contributed by atoms with E-state index in [2.05, 4.69) is 13.8 Å². The Morgan fingerprint density at radius 1 is 1.12 bits per heavy atom. The molecule has 0 aromatic heterocycles. The third kappa shape index (κ3) is 1.61. The van der Waals surface area contributed by atoms with E-state index in [9.17, 15) is 5.11 Å². The standard InChI is InChI=1S/C15H25ClO/c1-3-15(17,4-2)13-6-11-5-12(7-13)9-14(16,8-11)10-13/h11-12,17H,3-10H2,1-2H3. The second kappa shape index (κ2) is 3.63. The number of rotatable bonds is 3. The molecule has 0 aromatic rings. The fourth-order valence-corrected chi connectivity index (χ4v) is 6.39. The van der Waals surface area contributed by atoms with Crippen LogP contribution in [0.1, 0.15) is 65.2 Å². The van der Waals surface area contributed by atoms with Gasteiger partial charge in [-0.1, -0.05) is 13.8 Å². The molecule has 4 aliphatic rings. The maximum atomic E-state index is 11.0. The quantitative estimate of drug-likeness (QED) is 0.754. The van der Waals surface area contributed by atoms with E-state index in [1.165, 1.54) is 32.1 Å². The first-order valence-electron chi connectivity index (χ1n) is 7.35. The van der Waals surface area contributed by atoms with Gasteiger partial charge in [-0.3, -0.25) is 0 Å². The molecule has 2 heteroatoms. The Labute approximate surface area is 110 Å². The molecule has 17 heavy (non-hydrogen) atoms. The molecule has 1 nitrogen and oxygen atoms in total. The summed E-state index contributed by atoms with van der Waals surface area (Å²) in [5, 5.41) is 11.0. The molecule has 1 N–H and O–H groups in total. The van der Waals surface area contributed by atoms with Crippen molar-refractivity contribution in [3.05, 3.63) is 0 Å². The highest BCUT2D eigenvalue weighted by molar-refractivity contribution is 6.24.